The van der Waals surface area contributed by atoms with Gasteiger partial charge in [-0.1, -0.05) is 47.5 Å². The maximum atomic E-state index is 12.3. The van der Waals surface area contributed by atoms with Gasteiger partial charge in [0, 0.05) is 5.02 Å². The van der Waals surface area contributed by atoms with Crippen molar-refractivity contribution in [1.29, 1.82) is 0 Å². The second-order valence-electron chi connectivity index (χ2n) is 5.99. The Morgan fingerprint density at radius 1 is 0.967 bits per heavy atom. The van der Waals surface area contributed by atoms with Gasteiger partial charge in [-0.2, -0.15) is 5.10 Å². The van der Waals surface area contributed by atoms with Crippen LogP contribution in [0.3, 0.4) is 0 Å². The summed E-state index contributed by atoms with van der Waals surface area (Å²) in [7, 11) is 1.49. The average molecular weight is 443 g/mol. The van der Waals surface area contributed by atoms with Crippen molar-refractivity contribution < 1.29 is 19.1 Å². The SMILES string of the molecule is COc1ccccc1C(=O)N/N=C\c1cccc(OC(=O)c2ccc(Cl)cc2Cl)c1. The van der Waals surface area contributed by atoms with Crippen LogP contribution in [0.25, 0.3) is 0 Å². The molecule has 152 valence electrons. The molecule has 0 radical (unpaired) electrons. The van der Waals surface area contributed by atoms with Crippen molar-refractivity contribution in [2.24, 2.45) is 5.10 Å². The summed E-state index contributed by atoms with van der Waals surface area (Å²) in [5.74, 6) is -0.287. The summed E-state index contributed by atoms with van der Waals surface area (Å²) in [4.78, 5) is 24.6. The summed E-state index contributed by atoms with van der Waals surface area (Å²) in [6, 6.07) is 18.0. The van der Waals surface area contributed by atoms with Gasteiger partial charge in [-0.15, -0.1) is 0 Å². The number of nitrogens with one attached hydrogen (secondary N) is 1. The Hall–Kier alpha value is -3.35. The third-order valence-electron chi connectivity index (χ3n) is 3.95. The maximum absolute atomic E-state index is 12.3. The van der Waals surface area contributed by atoms with Crippen LogP contribution >= 0.6 is 23.2 Å². The number of ether oxygens (including phenoxy) is 2. The predicted molar refractivity (Wildman–Crippen MR) is 116 cm³/mol. The molecular formula is C22H16Cl2N2O4. The molecule has 6 nitrogen and oxygen atoms in total. The van der Waals surface area contributed by atoms with Crippen molar-refractivity contribution in [3.05, 3.63) is 93.5 Å². The van der Waals surface area contributed by atoms with Crippen molar-refractivity contribution in [3.63, 3.8) is 0 Å². The number of rotatable bonds is 6. The fourth-order valence-electron chi connectivity index (χ4n) is 2.53. The molecule has 3 rings (SSSR count). The lowest BCUT2D eigenvalue weighted by Gasteiger charge is -2.07. The number of para-hydroxylation sites is 1. The fourth-order valence-corrected chi connectivity index (χ4v) is 3.02. The number of esters is 1. The highest BCUT2D eigenvalue weighted by Gasteiger charge is 2.13. The highest BCUT2D eigenvalue weighted by molar-refractivity contribution is 6.36. The lowest BCUT2D eigenvalue weighted by Crippen LogP contribution is -2.18. The molecule has 0 aromatic heterocycles. The van der Waals surface area contributed by atoms with Crippen molar-refractivity contribution in [3.8, 4) is 11.5 Å². The molecule has 1 N–H and O–H groups in total. The first-order valence-electron chi connectivity index (χ1n) is 8.71. The number of hydrogen-bond acceptors (Lipinski definition) is 5. The molecule has 0 spiro atoms. The third kappa shape index (κ3) is 5.37. The topological polar surface area (TPSA) is 77.0 Å². The number of hydrogen-bond donors (Lipinski definition) is 1. The smallest absolute Gasteiger partial charge is 0.345 e. The molecule has 3 aromatic carbocycles. The van der Waals surface area contributed by atoms with E-state index in [0.29, 0.717) is 27.6 Å². The number of nitrogens with zero attached hydrogens (tertiary/aromatic N) is 1. The summed E-state index contributed by atoms with van der Waals surface area (Å²) in [5, 5.41) is 4.56. The lowest BCUT2D eigenvalue weighted by atomic mass is 10.2. The van der Waals surface area contributed by atoms with E-state index in [1.807, 2.05) is 0 Å². The molecule has 0 fully saturated rings. The molecule has 3 aromatic rings. The van der Waals surface area contributed by atoms with Gasteiger partial charge in [0.15, 0.2) is 0 Å². The summed E-state index contributed by atoms with van der Waals surface area (Å²) >= 11 is 11.9. The number of hydrazone groups is 1. The van der Waals surface area contributed by atoms with E-state index < -0.39 is 11.9 Å². The standard InChI is InChI=1S/C22H16Cl2N2O4/c1-29-20-8-3-2-7-18(20)21(27)26-25-13-14-5-4-6-16(11-14)30-22(28)17-10-9-15(23)12-19(17)24/h2-13H,1H3,(H,26,27)/b25-13-. The largest absolute Gasteiger partial charge is 0.496 e. The highest BCUT2D eigenvalue weighted by Crippen LogP contribution is 2.23. The summed E-state index contributed by atoms with van der Waals surface area (Å²) in [5.41, 5.74) is 3.61. The van der Waals surface area contributed by atoms with Crippen molar-refractivity contribution >= 4 is 41.3 Å². The lowest BCUT2D eigenvalue weighted by molar-refractivity contribution is 0.0734. The quantitative estimate of drug-likeness (QED) is 0.252. The van der Waals surface area contributed by atoms with Crippen molar-refractivity contribution in [1.82, 2.24) is 5.43 Å². The Kier molecular flexibility index (Phi) is 7.06. The molecule has 0 aliphatic carbocycles. The number of amides is 1. The first-order chi connectivity index (χ1) is 14.5. The summed E-state index contributed by atoms with van der Waals surface area (Å²) < 4.78 is 10.5. The number of carbonyl (C=O) groups is 2. The van der Waals surface area contributed by atoms with Crippen LogP contribution in [0.5, 0.6) is 11.5 Å². The Morgan fingerprint density at radius 3 is 2.53 bits per heavy atom. The molecule has 0 bridgehead atoms. The van der Waals surface area contributed by atoms with E-state index in [2.05, 4.69) is 10.5 Å². The molecular weight excluding hydrogens is 427 g/mol. The van der Waals surface area contributed by atoms with Gasteiger partial charge in [0.1, 0.15) is 11.5 Å². The van der Waals surface area contributed by atoms with Crippen LogP contribution in [0.2, 0.25) is 10.0 Å². The van der Waals surface area contributed by atoms with Crippen LogP contribution in [0.4, 0.5) is 0 Å². The van der Waals surface area contributed by atoms with Crippen LogP contribution in [-0.4, -0.2) is 25.2 Å². The molecule has 0 saturated carbocycles. The molecule has 0 atom stereocenters. The van der Waals surface area contributed by atoms with Gasteiger partial charge in [-0.25, -0.2) is 10.2 Å². The van der Waals surface area contributed by atoms with Crippen LogP contribution < -0.4 is 14.9 Å². The van der Waals surface area contributed by atoms with Crippen LogP contribution in [-0.2, 0) is 0 Å². The number of halogens is 2. The summed E-state index contributed by atoms with van der Waals surface area (Å²) in [6.07, 6.45) is 1.43. The van der Waals surface area contributed by atoms with Crippen molar-refractivity contribution in [2.45, 2.75) is 0 Å². The molecule has 0 aliphatic rings. The first kappa shape index (κ1) is 21.4. The Bertz CT molecular complexity index is 1120. The molecule has 8 heteroatoms. The second kappa shape index (κ2) is 9.91. The van der Waals surface area contributed by atoms with E-state index in [1.54, 1.807) is 54.6 Å². The van der Waals surface area contributed by atoms with Gasteiger partial charge in [0.05, 0.1) is 29.5 Å². The van der Waals surface area contributed by atoms with E-state index in [4.69, 9.17) is 32.7 Å². The monoisotopic (exact) mass is 442 g/mol. The van der Waals surface area contributed by atoms with E-state index in [-0.39, 0.29) is 10.6 Å². The molecule has 0 saturated heterocycles. The number of methoxy groups -OCH3 is 1. The van der Waals surface area contributed by atoms with Gasteiger partial charge >= 0.3 is 5.97 Å². The van der Waals surface area contributed by atoms with Gasteiger partial charge in [-0.3, -0.25) is 4.79 Å². The molecule has 0 unspecified atom stereocenters. The number of benzene rings is 3. The third-order valence-corrected chi connectivity index (χ3v) is 4.50. The molecule has 30 heavy (non-hydrogen) atoms. The fraction of sp³-hybridized carbons (Fsp3) is 0.0455. The predicted octanol–water partition coefficient (Wildman–Crippen LogP) is 4.99. The zero-order valence-corrected chi connectivity index (χ0v) is 17.3. The maximum Gasteiger partial charge on any atom is 0.345 e. The van der Waals surface area contributed by atoms with Gasteiger partial charge < -0.3 is 9.47 Å². The van der Waals surface area contributed by atoms with Gasteiger partial charge in [0.2, 0.25) is 0 Å². The molecule has 0 aliphatic heterocycles. The Morgan fingerprint density at radius 2 is 1.77 bits per heavy atom. The highest BCUT2D eigenvalue weighted by atomic mass is 35.5. The average Bonchev–Trinajstić information content (AvgIpc) is 2.73. The van der Waals surface area contributed by atoms with E-state index in [9.17, 15) is 9.59 Å². The van der Waals surface area contributed by atoms with Crippen LogP contribution in [0, 0.1) is 0 Å². The van der Waals surface area contributed by atoms with Crippen LogP contribution in [0.1, 0.15) is 26.3 Å². The first-order valence-corrected chi connectivity index (χ1v) is 9.47. The van der Waals surface area contributed by atoms with Gasteiger partial charge in [-0.05, 0) is 48.0 Å². The zero-order valence-electron chi connectivity index (χ0n) is 15.8. The second-order valence-corrected chi connectivity index (χ2v) is 6.83. The van der Waals surface area contributed by atoms with Gasteiger partial charge in [0.25, 0.3) is 5.91 Å². The zero-order chi connectivity index (χ0) is 21.5. The van der Waals surface area contributed by atoms with E-state index in [0.717, 1.165) is 0 Å². The Labute approximate surface area is 183 Å². The van der Waals surface area contributed by atoms with Crippen molar-refractivity contribution in [2.75, 3.05) is 7.11 Å². The minimum Gasteiger partial charge on any atom is -0.496 e. The van der Waals surface area contributed by atoms with E-state index in [1.165, 1.54) is 25.5 Å². The van der Waals surface area contributed by atoms with Crippen LogP contribution in [0.15, 0.2) is 71.8 Å². The molecule has 0 heterocycles. The molecule has 1 amide bonds. The summed E-state index contributed by atoms with van der Waals surface area (Å²) in [6.45, 7) is 0. The minimum atomic E-state index is -0.616. The normalized spacial score (nSPS) is 10.6. The number of carbonyl (C=O) groups excluding carboxylic acids is 2. The minimum absolute atomic E-state index is 0.198. The van der Waals surface area contributed by atoms with E-state index >= 15 is 0 Å². The Balaban J connectivity index is 1.66.